The zero-order valence-corrected chi connectivity index (χ0v) is 12.1. The SMILES string of the molecule is O=C(Cn1cn[nH]c1=O)NC1CCC2(CCOCC2)CC1. The molecule has 0 unspecified atom stereocenters. The van der Waals surface area contributed by atoms with E-state index in [1.807, 2.05) is 0 Å². The molecule has 2 N–H and O–H groups in total. The van der Waals surface area contributed by atoms with E-state index in [2.05, 4.69) is 15.5 Å². The molecule has 1 aliphatic carbocycles. The van der Waals surface area contributed by atoms with Crippen molar-refractivity contribution in [2.45, 2.75) is 51.1 Å². The first-order chi connectivity index (χ1) is 10.2. The van der Waals surface area contributed by atoms with Crippen LogP contribution in [0.1, 0.15) is 38.5 Å². The molecule has 1 aromatic rings. The number of carbonyl (C=O) groups is 1. The van der Waals surface area contributed by atoms with E-state index in [1.54, 1.807) is 0 Å². The van der Waals surface area contributed by atoms with Crippen LogP contribution in [0.5, 0.6) is 0 Å². The minimum absolute atomic E-state index is 0.0326. The van der Waals surface area contributed by atoms with Crippen LogP contribution in [0.25, 0.3) is 0 Å². The average molecular weight is 294 g/mol. The third-order valence-electron chi connectivity index (χ3n) is 4.90. The standard InChI is InChI=1S/C14H22N4O3/c19-12(9-18-10-15-17-13(18)20)16-11-1-3-14(4-2-11)5-7-21-8-6-14/h10-11H,1-9H2,(H,16,19)(H,17,20). The lowest BCUT2D eigenvalue weighted by molar-refractivity contribution is -0.123. The number of hydrogen-bond donors (Lipinski definition) is 2. The second-order valence-corrected chi connectivity index (χ2v) is 6.24. The molecule has 3 rings (SSSR count). The molecular formula is C14H22N4O3. The Labute approximate surface area is 123 Å². The summed E-state index contributed by atoms with van der Waals surface area (Å²) in [5.41, 5.74) is 0.0935. The summed E-state index contributed by atoms with van der Waals surface area (Å²) < 4.78 is 6.72. The Morgan fingerprint density at radius 2 is 2.10 bits per heavy atom. The van der Waals surface area contributed by atoms with Gasteiger partial charge in [-0.1, -0.05) is 0 Å². The molecule has 0 aromatic carbocycles. The van der Waals surface area contributed by atoms with Crippen molar-refractivity contribution in [1.29, 1.82) is 0 Å². The molecule has 116 valence electrons. The highest BCUT2D eigenvalue weighted by Crippen LogP contribution is 2.43. The lowest BCUT2D eigenvalue weighted by Gasteiger charge is -2.42. The van der Waals surface area contributed by atoms with Crippen LogP contribution < -0.4 is 11.0 Å². The van der Waals surface area contributed by atoms with Crippen LogP contribution in [0.2, 0.25) is 0 Å². The Bertz CT molecular complexity index is 534. The highest BCUT2D eigenvalue weighted by Gasteiger charge is 2.36. The zero-order chi connectivity index (χ0) is 14.7. The average Bonchev–Trinajstić information content (AvgIpc) is 2.88. The maximum Gasteiger partial charge on any atom is 0.343 e. The molecule has 1 spiro atoms. The van der Waals surface area contributed by atoms with E-state index in [9.17, 15) is 9.59 Å². The van der Waals surface area contributed by atoms with Crippen molar-refractivity contribution in [2.24, 2.45) is 5.41 Å². The molecule has 1 aromatic heterocycles. The number of aromatic amines is 1. The van der Waals surface area contributed by atoms with Gasteiger partial charge in [-0.3, -0.25) is 9.36 Å². The number of amides is 1. The fourth-order valence-corrected chi connectivity index (χ4v) is 3.49. The molecule has 0 bridgehead atoms. The molecule has 1 aliphatic heterocycles. The van der Waals surface area contributed by atoms with Gasteiger partial charge < -0.3 is 10.1 Å². The van der Waals surface area contributed by atoms with Crippen molar-refractivity contribution in [3.8, 4) is 0 Å². The normalized spacial score (nSPS) is 22.3. The summed E-state index contributed by atoms with van der Waals surface area (Å²) in [4.78, 5) is 23.3. The van der Waals surface area contributed by atoms with E-state index >= 15 is 0 Å². The predicted octanol–water partition coefficient (Wildman–Crippen LogP) is 0.427. The minimum atomic E-state index is -0.352. The fraction of sp³-hybridized carbons (Fsp3) is 0.786. The molecule has 0 radical (unpaired) electrons. The molecular weight excluding hydrogens is 272 g/mol. The van der Waals surface area contributed by atoms with E-state index in [0.29, 0.717) is 5.41 Å². The van der Waals surface area contributed by atoms with Crippen molar-refractivity contribution in [1.82, 2.24) is 20.1 Å². The highest BCUT2D eigenvalue weighted by atomic mass is 16.5. The number of nitrogens with one attached hydrogen (secondary N) is 2. The fourth-order valence-electron chi connectivity index (χ4n) is 3.49. The third-order valence-corrected chi connectivity index (χ3v) is 4.90. The number of rotatable bonds is 3. The van der Waals surface area contributed by atoms with Crippen LogP contribution in [0.4, 0.5) is 0 Å². The Hall–Kier alpha value is -1.63. The second-order valence-electron chi connectivity index (χ2n) is 6.24. The largest absolute Gasteiger partial charge is 0.381 e. The van der Waals surface area contributed by atoms with Crippen molar-refractivity contribution in [3.63, 3.8) is 0 Å². The third kappa shape index (κ3) is 3.34. The number of ether oxygens (including phenoxy) is 1. The topological polar surface area (TPSA) is 89.0 Å². The van der Waals surface area contributed by atoms with Crippen LogP contribution in [0, 0.1) is 5.41 Å². The smallest absolute Gasteiger partial charge is 0.343 e. The lowest BCUT2D eigenvalue weighted by Crippen LogP contribution is -2.43. The van der Waals surface area contributed by atoms with Crippen molar-refractivity contribution < 1.29 is 9.53 Å². The van der Waals surface area contributed by atoms with Gasteiger partial charge >= 0.3 is 5.69 Å². The van der Waals surface area contributed by atoms with Gasteiger partial charge in [0.1, 0.15) is 12.9 Å². The van der Waals surface area contributed by atoms with Gasteiger partial charge in [0.05, 0.1) is 0 Å². The van der Waals surface area contributed by atoms with Gasteiger partial charge in [0.15, 0.2) is 0 Å². The van der Waals surface area contributed by atoms with Gasteiger partial charge in [0.2, 0.25) is 5.91 Å². The molecule has 0 atom stereocenters. The number of H-pyrrole nitrogens is 1. The molecule has 7 heteroatoms. The zero-order valence-electron chi connectivity index (χ0n) is 12.1. The van der Waals surface area contributed by atoms with E-state index in [4.69, 9.17) is 4.74 Å². The van der Waals surface area contributed by atoms with Crippen LogP contribution in [-0.4, -0.2) is 39.9 Å². The number of aromatic nitrogens is 3. The van der Waals surface area contributed by atoms with Gasteiger partial charge in [-0.15, -0.1) is 0 Å². The summed E-state index contributed by atoms with van der Waals surface area (Å²) in [7, 11) is 0. The van der Waals surface area contributed by atoms with Gasteiger partial charge in [0.25, 0.3) is 0 Å². The van der Waals surface area contributed by atoms with Crippen molar-refractivity contribution >= 4 is 5.91 Å². The van der Waals surface area contributed by atoms with Gasteiger partial charge in [0, 0.05) is 19.3 Å². The summed E-state index contributed by atoms with van der Waals surface area (Å²) in [6.07, 6.45) is 8.01. The first kappa shape index (κ1) is 14.3. The van der Waals surface area contributed by atoms with Gasteiger partial charge in [-0.25, -0.2) is 9.89 Å². The van der Waals surface area contributed by atoms with Gasteiger partial charge in [-0.2, -0.15) is 5.10 Å². The molecule has 1 amide bonds. The van der Waals surface area contributed by atoms with E-state index < -0.39 is 0 Å². The molecule has 1 saturated carbocycles. The Morgan fingerprint density at radius 3 is 2.71 bits per heavy atom. The second kappa shape index (κ2) is 6.01. The predicted molar refractivity (Wildman–Crippen MR) is 75.7 cm³/mol. The highest BCUT2D eigenvalue weighted by molar-refractivity contribution is 5.76. The summed E-state index contributed by atoms with van der Waals surface area (Å²) >= 11 is 0. The monoisotopic (exact) mass is 294 g/mol. The van der Waals surface area contributed by atoms with Crippen molar-refractivity contribution in [2.75, 3.05) is 13.2 Å². The molecule has 2 heterocycles. The molecule has 7 nitrogen and oxygen atoms in total. The van der Waals surface area contributed by atoms with Crippen LogP contribution >= 0.6 is 0 Å². The molecule has 2 aliphatic rings. The minimum Gasteiger partial charge on any atom is -0.381 e. The summed E-state index contributed by atoms with van der Waals surface area (Å²) in [5.74, 6) is -0.119. The quantitative estimate of drug-likeness (QED) is 0.846. The van der Waals surface area contributed by atoms with Crippen molar-refractivity contribution in [3.05, 3.63) is 16.8 Å². The van der Waals surface area contributed by atoms with Gasteiger partial charge in [-0.05, 0) is 43.9 Å². The number of carbonyl (C=O) groups excluding carboxylic acids is 1. The van der Waals surface area contributed by atoms with E-state index in [0.717, 1.165) is 51.7 Å². The summed E-state index contributed by atoms with van der Waals surface area (Å²) in [6.45, 7) is 1.78. The Kier molecular flexibility index (Phi) is 4.10. The van der Waals surface area contributed by atoms with E-state index in [-0.39, 0.29) is 24.2 Å². The molecule has 2 fully saturated rings. The maximum absolute atomic E-state index is 12.0. The maximum atomic E-state index is 12.0. The Morgan fingerprint density at radius 1 is 1.38 bits per heavy atom. The first-order valence-electron chi connectivity index (χ1n) is 7.64. The Balaban J connectivity index is 1.48. The summed E-state index contributed by atoms with van der Waals surface area (Å²) in [5, 5.41) is 8.93. The number of nitrogens with zero attached hydrogens (tertiary/aromatic N) is 2. The summed E-state index contributed by atoms with van der Waals surface area (Å²) in [6, 6.07) is 0.230. The first-order valence-corrected chi connectivity index (χ1v) is 7.64. The van der Waals surface area contributed by atoms with Crippen LogP contribution in [-0.2, 0) is 16.1 Å². The lowest BCUT2D eigenvalue weighted by atomic mass is 9.68. The number of hydrogen-bond acceptors (Lipinski definition) is 4. The molecule has 21 heavy (non-hydrogen) atoms. The van der Waals surface area contributed by atoms with Crippen LogP contribution in [0.15, 0.2) is 11.1 Å². The van der Waals surface area contributed by atoms with E-state index in [1.165, 1.54) is 10.9 Å². The molecule has 1 saturated heterocycles. The van der Waals surface area contributed by atoms with Crippen LogP contribution in [0.3, 0.4) is 0 Å².